The first kappa shape index (κ1) is 14.5. The molecule has 1 amide bonds. The number of para-hydroxylation sites is 1. The van der Waals surface area contributed by atoms with E-state index in [0.717, 1.165) is 12.2 Å². The van der Waals surface area contributed by atoms with Crippen LogP contribution in [0.3, 0.4) is 0 Å². The van der Waals surface area contributed by atoms with Gasteiger partial charge in [-0.25, -0.2) is 0 Å². The van der Waals surface area contributed by atoms with Gasteiger partial charge in [0.05, 0.1) is 17.7 Å². The summed E-state index contributed by atoms with van der Waals surface area (Å²) < 4.78 is 0. The highest BCUT2D eigenvalue weighted by molar-refractivity contribution is 6.00. The average molecular weight is 250 g/mol. The largest absolute Gasteiger partial charge is 0.394 e. The summed E-state index contributed by atoms with van der Waals surface area (Å²) in [6, 6.07) is 7.37. The third-order valence-electron chi connectivity index (χ3n) is 3.08. The van der Waals surface area contributed by atoms with E-state index in [2.05, 4.69) is 10.6 Å². The van der Waals surface area contributed by atoms with Crippen LogP contribution < -0.4 is 10.6 Å². The van der Waals surface area contributed by atoms with Crippen molar-refractivity contribution >= 4 is 11.6 Å². The number of carbonyl (C=O) groups excluding carboxylic acids is 1. The maximum absolute atomic E-state index is 12.2. The van der Waals surface area contributed by atoms with E-state index in [0.29, 0.717) is 12.0 Å². The lowest BCUT2D eigenvalue weighted by atomic mass is 9.99. The van der Waals surface area contributed by atoms with Crippen LogP contribution in [0, 0.1) is 0 Å². The lowest BCUT2D eigenvalue weighted by molar-refractivity contribution is 0.0848. The van der Waals surface area contributed by atoms with Crippen molar-refractivity contribution in [2.45, 2.75) is 32.7 Å². The van der Waals surface area contributed by atoms with E-state index < -0.39 is 5.54 Å². The van der Waals surface area contributed by atoms with E-state index in [-0.39, 0.29) is 12.5 Å². The van der Waals surface area contributed by atoms with Crippen molar-refractivity contribution in [3.8, 4) is 0 Å². The molecule has 4 nitrogen and oxygen atoms in total. The van der Waals surface area contributed by atoms with E-state index in [1.165, 1.54) is 0 Å². The zero-order chi connectivity index (χ0) is 13.6. The number of rotatable bonds is 6. The van der Waals surface area contributed by atoms with Gasteiger partial charge in [-0.15, -0.1) is 0 Å². The molecule has 18 heavy (non-hydrogen) atoms. The Labute approximate surface area is 108 Å². The zero-order valence-electron chi connectivity index (χ0n) is 11.3. The van der Waals surface area contributed by atoms with Gasteiger partial charge in [-0.2, -0.15) is 0 Å². The quantitative estimate of drug-likeness (QED) is 0.723. The Morgan fingerprint density at radius 1 is 1.33 bits per heavy atom. The van der Waals surface area contributed by atoms with Gasteiger partial charge in [-0.05, 0) is 32.4 Å². The van der Waals surface area contributed by atoms with E-state index in [1.807, 2.05) is 39.0 Å². The number of hydrogen-bond acceptors (Lipinski definition) is 3. The van der Waals surface area contributed by atoms with Crippen LogP contribution in [0.2, 0.25) is 0 Å². The Bertz CT molecular complexity index is 401. The second kappa shape index (κ2) is 6.40. The molecule has 0 aliphatic rings. The molecule has 100 valence electrons. The molecule has 0 radical (unpaired) electrons. The number of aliphatic hydroxyl groups is 1. The number of carbonyl (C=O) groups is 1. The van der Waals surface area contributed by atoms with Gasteiger partial charge in [-0.3, -0.25) is 4.79 Å². The Kier molecular flexibility index (Phi) is 5.16. The Morgan fingerprint density at radius 3 is 2.56 bits per heavy atom. The van der Waals surface area contributed by atoms with Crippen molar-refractivity contribution in [3.63, 3.8) is 0 Å². The normalized spacial score (nSPS) is 13.8. The average Bonchev–Trinajstić information content (AvgIpc) is 2.39. The van der Waals surface area contributed by atoms with Crippen molar-refractivity contribution in [3.05, 3.63) is 29.8 Å². The molecule has 3 N–H and O–H groups in total. The van der Waals surface area contributed by atoms with E-state index in [4.69, 9.17) is 0 Å². The fourth-order valence-electron chi connectivity index (χ4n) is 1.61. The van der Waals surface area contributed by atoms with Gasteiger partial charge in [0.25, 0.3) is 5.91 Å². The van der Waals surface area contributed by atoms with Crippen LogP contribution in [0.15, 0.2) is 24.3 Å². The Morgan fingerprint density at radius 2 is 2.00 bits per heavy atom. The topological polar surface area (TPSA) is 61.4 Å². The summed E-state index contributed by atoms with van der Waals surface area (Å²) in [6.07, 6.45) is 0.679. The minimum atomic E-state index is -0.573. The summed E-state index contributed by atoms with van der Waals surface area (Å²) in [5, 5.41) is 15.4. The highest BCUT2D eigenvalue weighted by Gasteiger charge is 2.24. The van der Waals surface area contributed by atoms with Crippen LogP contribution >= 0.6 is 0 Å². The van der Waals surface area contributed by atoms with E-state index >= 15 is 0 Å². The SMILES string of the molecule is CCNc1ccccc1C(=O)NC(C)(CC)CO. The van der Waals surface area contributed by atoms with Gasteiger partial charge < -0.3 is 15.7 Å². The molecule has 0 bridgehead atoms. The molecule has 0 aliphatic carbocycles. The van der Waals surface area contributed by atoms with Crippen LogP contribution in [0.1, 0.15) is 37.6 Å². The Balaban J connectivity index is 2.90. The molecule has 0 aliphatic heterocycles. The number of benzene rings is 1. The van der Waals surface area contributed by atoms with Crippen molar-refractivity contribution in [1.82, 2.24) is 5.32 Å². The first-order valence-electron chi connectivity index (χ1n) is 6.32. The molecule has 0 saturated carbocycles. The van der Waals surface area contributed by atoms with Gasteiger partial charge in [0.1, 0.15) is 0 Å². The highest BCUT2D eigenvalue weighted by Crippen LogP contribution is 2.17. The molecule has 4 heteroatoms. The van der Waals surface area contributed by atoms with Crippen molar-refractivity contribution in [1.29, 1.82) is 0 Å². The van der Waals surface area contributed by atoms with E-state index in [1.54, 1.807) is 6.07 Å². The lowest BCUT2D eigenvalue weighted by Gasteiger charge is -2.27. The molecule has 0 spiro atoms. The molecular formula is C14H22N2O2. The lowest BCUT2D eigenvalue weighted by Crippen LogP contribution is -2.48. The maximum Gasteiger partial charge on any atom is 0.253 e. The molecule has 1 aromatic carbocycles. The summed E-state index contributed by atoms with van der Waals surface area (Å²) in [4.78, 5) is 12.2. The molecule has 1 unspecified atom stereocenters. The standard InChI is InChI=1S/C14H22N2O2/c1-4-14(3,10-17)16-13(18)11-8-6-7-9-12(11)15-5-2/h6-9,15,17H,4-5,10H2,1-3H3,(H,16,18). The Hall–Kier alpha value is -1.55. The number of anilines is 1. The molecule has 1 atom stereocenters. The number of amides is 1. The fourth-order valence-corrected chi connectivity index (χ4v) is 1.61. The highest BCUT2D eigenvalue weighted by atomic mass is 16.3. The molecule has 0 saturated heterocycles. The fraction of sp³-hybridized carbons (Fsp3) is 0.500. The molecule has 1 rings (SSSR count). The van der Waals surface area contributed by atoms with Crippen molar-refractivity contribution in [2.24, 2.45) is 0 Å². The minimum Gasteiger partial charge on any atom is -0.394 e. The van der Waals surface area contributed by atoms with Crippen LogP contribution in [0.25, 0.3) is 0 Å². The first-order valence-corrected chi connectivity index (χ1v) is 6.32. The second-order valence-electron chi connectivity index (χ2n) is 4.60. The maximum atomic E-state index is 12.2. The van der Waals surface area contributed by atoms with E-state index in [9.17, 15) is 9.90 Å². The molecule has 1 aromatic rings. The number of hydrogen-bond donors (Lipinski definition) is 3. The molecule has 0 heterocycles. The first-order chi connectivity index (χ1) is 8.56. The smallest absolute Gasteiger partial charge is 0.253 e. The van der Waals surface area contributed by atoms with Gasteiger partial charge in [0, 0.05) is 12.2 Å². The third-order valence-corrected chi connectivity index (χ3v) is 3.08. The van der Waals surface area contributed by atoms with Crippen LogP contribution in [0.4, 0.5) is 5.69 Å². The molecule has 0 fully saturated rings. The van der Waals surface area contributed by atoms with Crippen LogP contribution in [-0.4, -0.2) is 29.7 Å². The van der Waals surface area contributed by atoms with Crippen molar-refractivity contribution < 1.29 is 9.90 Å². The summed E-state index contributed by atoms with van der Waals surface area (Å²) >= 11 is 0. The summed E-state index contributed by atoms with van der Waals surface area (Å²) in [5.41, 5.74) is 0.845. The monoisotopic (exact) mass is 250 g/mol. The van der Waals surface area contributed by atoms with Gasteiger partial charge in [-0.1, -0.05) is 19.1 Å². The van der Waals surface area contributed by atoms with Crippen LogP contribution in [-0.2, 0) is 0 Å². The van der Waals surface area contributed by atoms with Gasteiger partial charge >= 0.3 is 0 Å². The molecule has 0 aromatic heterocycles. The molecular weight excluding hydrogens is 228 g/mol. The second-order valence-corrected chi connectivity index (χ2v) is 4.60. The minimum absolute atomic E-state index is 0.0708. The summed E-state index contributed by atoms with van der Waals surface area (Å²) in [7, 11) is 0. The zero-order valence-corrected chi connectivity index (χ0v) is 11.3. The number of nitrogens with one attached hydrogen (secondary N) is 2. The van der Waals surface area contributed by atoms with Crippen molar-refractivity contribution in [2.75, 3.05) is 18.5 Å². The van der Waals surface area contributed by atoms with Gasteiger partial charge in [0.15, 0.2) is 0 Å². The predicted octanol–water partition coefficient (Wildman–Crippen LogP) is 2.01. The number of aliphatic hydroxyl groups excluding tert-OH is 1. The predicted molar refractivity (Wildman–Crippen MR) is 73.9 cm³/mol. The summed E-state index contributed by atoms with van der Waals surface area (Å²) in [5.74, 6) is -0.162. The van der Waals surface area contributed by atoms with Crippen LogP contribution in [0.5, 0.6) is 0 Å². The summed E-state index contributed by atoms with van der Waals surface area (Å²) in [6.45, 7) is 6.44. The third kappa shape index (κ3) is 3.47. The van der Waals surface area contributed by atoms with Gasteiger partial charge in [0.2, 0.25) is 0 Å².